The van der Waals surface area contributed by atoms with E-state index in [9.17, 15) is 18.4 Å². The van der Waals surface area contributed by atoms with Crippen molar-refractivity contribution in [2.45, 2.75) is 12.3 Å². The number of amides is 2. The summed E-state index contributed by atoms with van der Waals surface area (Å²) in [5, 5.41) is 0. The molecule has 2 unspecified atom stereocenters. The van der Waals surface area contributed by atoms with E-state index >= 15 is 0 Å². The maximum atomic E-state index is 13.1. The van der Waals surface area contributed by atoms with E-state index < -0.39 is 24.2 Å². The molecular weight excluding hydrogens is 294 g/mol. The third-order valence-electron chi connectivity index (χ3n) is 2.97. The topological polar surface area (TPSA) is 83.6 Å². The lowest BCUT2D eigenvalue weighted by atomic mass is 10.0. The normalized spacial score (nSPS) is 24.3. The van der Waals surface area contributed by atoms with Crippen LogP contribution in [0.2, 0.25) is 0 Å². The van der Waals surface area contributed by atoms with Crippen LogP contribution in [0.3, 0.4) is 0 Å². The molecule has 0 radical (unpaired) electrons. The van der Waals surface area contributed by atoms with Gasteiger partial charge in [0.1, 0.15) is 0 Å². The summed E-state index contributed by atoms with van der Waals surface area (Å²) in [4.78, 5) is 37.4. The summed E-state index contributed by atoms with van der Waals surface area (Å²) in [6.45, 7) is 0. The number of aliphatic imine (C=N–C) groups is 4. The van der Waals surface area contributed by atoms with Crippen LogP contribution in [0.1, 0.15) is 11.1 Å². The second kappa shape index (κ2) is 5.47. The Morgan fingerprint density at radius 3 is 1.55 bits per heavy atom. The molecule has 0 fully saturated rings. The van der Waals surface area contributed by atoms with Crippen LogP contribution in [-0.2, 0) is 9.59 Å². The van der Waals surface area contributed by atoms with Crippen molar-refractivity contribution in [1.82, 2.24) is 0 Å². The highest BCUT2D eigenvalue weighted by Gasteiger charge is 2.25. The van der Waals surface area contributed by atoms with Gasteiger partial charge >= 0.3 is 0 Å². The number of carbonyl (C=O) groups excluding carboxylic acids is 2. The van der Waals surface area contributed by atoms with E-state index in [1.807, 2.05) is 0 Å². The Kier molecular flexibility index (Phi) is 3.50. The van der Waals surface area contributed by atoms with Crippen molar-refractivity contribution in [3.63, 3.8) is 0 Å². The Morgan fingerprint density at radius 2 is 1.18 bits per heavy atom. The third-order valence-corrected chi connectivity index (χ3v) is 2.97. The van der Waals surface area contributed by atoms with E-state index in [-0.39, 0.29) is 11.7 Å². The molecular formula is C14H8F2N4O2. The molecule has 3 rings (SSSR count). The lowest BCUT2D eigenvalue weighted by molar-refractivity contribution is -0.121. The first-order valence-electron chi connectivity index (χ1n) is 6.27. The molecule has 0 saturated carbocycles. The van der Waals surface area contributed by atoms with Gasteiger partial charge in [0.15, 0.2) is 11.7 Å². The zero-order chi connectivity index (χ0) is 15.7. The fourth-order valence-corrected chi connectivity index (χ4v) is 1.92. The number of halogens is 2. The van der Waals surface area contributed by atoms with Crippen molar-refractivity contribution in [3.8, 4) is 0 Å². The lowest BCUT2D eigenvalue weighted by Crippen LogP contribution is -2.25. The molecule has 0 bridgehead atoms. The molecule has 1 aromatic carbocycles. The van der Waals surface area contributed by atoms with E-state index in [0.29, 0.717) is 11.1 Å². The van der Waals surface area contributed by atoms with Crippen LogP contribution in [-0.4, -0.2) is 48.3 Å². The standard InChI is InChI=1S/C14H8F2N4O2/c15-9-5-17-11(19-13(9)21)7-3-1-2-4-8(7)12-18-6-10(16)14(22)20-12/h1-6,9-10H. The quantitative estimate of drug-likeness (QED) is 0.818. The van der Waals surface area contributed by atoms with E-state index in [1.165, 1.54) is 0 Å². The first kappa shape index (κ1) is 14.1. The minimum absolute atomic E-state index is 0.0118. The van der Waals surface area contributed by atoms with Gasteiger partial charge in [-0.2, -0.15) is 9.98 Å². The Morgan fingerprint density at radius 1 is 0.773 bits per heavy atom. The van der Waals surface area contributed by atoms with Gasteiger partial charge in [0.2, 0.25) is 12.3 Å². The molecule has 2 atom stereocenters. The van der Waals surface area contributed by atoms with E-state index in [0.717, 1.165) is 12.4 Å². The van der Waals surface area contributed by atoms with Crippen LogP contribution in [0.4, 0.5) is 8.78 Å². The summed E-state index contributed by atoms with van der Waals surface area (Å²) in [5.41, 5.74) is 0.694. The van der Waals surface area contributed by atoms with Crippen molar-refractivity contribution in [1.29, 1.82) is 0 Å². The zero-order valence-corrected chi connectivity index (χ0v) is 11.0. The van der Waals surface area contributed by atoms with Gasteiger partial charge in [0, 0.05) is 11.1 Å². The molecule has 0 aromatic heterocycles. The average molecular weight is 302 g/mol. The van der Waals surface area contributed by atoms with Crippen molar-refractivity contribution >= 4 is 35.9 Å². The molecule has 0 N–H and O–H groups in total. The molecule has 1 aromatic rings. The third kappa shape index (κ3) is 2.50. The number of rotatable bonds is 2. The highest BCUT2D eigenvalue weighted by molar-refractivity contribution is 6.23. The van der Waals surface area contributed by atoms with Crippen molar-refractivity contribution in [2.24, 2.45) is 20.0 Å². The smallest absolute Gasteiger partial charge is 0.269 e. The molecule has 6 nitrogen and oxygen atoms in total. The molecule has 2 aliphatic heterocycles. The number of benzene rings is 1. The van der Waals surface area contributed by atoms with Crippen molar-refractivity contribution < 1.29 is 18.4 Å². The van der Waals surface area contributed by atoms with Gasteiger partial charge in [0.05, 0.1) is 12.4 Å². The summed E-state index contributed by atoms with van der Waals surface area (Å²) in [5.74, 6) is -1.95. The van der Waals surface area contributed by atoms with Crippen molar-refractivity contribution in [3.05, 3.63) is 35.4 Å². The minimum atomic E-state index is -1.87. The number of nitrogens with zero attached hydrogens (tertiary/aromatic N) is 4. The van der Waals surface area contributed by atoms with Crippen LogP contribution < -0.4 is 0 Å². The van der Waals surface area contributed by atoms with Crippen LogP contribution in [0, 0.1) is 0 Å². The fraction of sp³-hybridized carbons (Fsp3) is 0.143. The highest BCUT2D eigenvalue weighted by atomic mass is 19.1. The first-order chi connectivity index (χ1) is 10.6. The Bertz CT molecular complexity index is 718. The number of hydrogen-bond donors (Lipinski definition) is 0. The number of alkyl halides is 2. The van der Waals surface area contributed by atoms with Gasteiger partial charge in [0.25, 0.3) is 11.8 Å². The van der Waals surface area contributed by atoms with Gasteiger partial charge in [-0.1, -0.05) is 24.3 Å². The molecule has 22 heavy (non-hydrogen) atoms. The monoisotopic (exact) mass is 302 g/mol. The average Bonchev–Trinajstić information content (AvgIpc) is 2.53. The van der Waals surface area contributed by atoms with E-state index in [4.69, 9.17) is 0 Å². The predicted molar refractivity (Wildman–Crippen MR) is 76.3 cm³/mol. The van der Waals surface area contributed by atoms with Crippen LogP contribution in [0.5, 0.6) is 0 Å². The fourth-order valence-electron chi connectivity index (χ4n) is 1.92. The highest BCUT2D eigenvalue weighted by Crippen LogP contribution is 2.17. The maximum Gasteiger partial charge on any atom is 0.287 e. The second-order valence-corrected chi connectivity index (χ2v) is 4.45. The summed E-state index contributed by atoms with van der Waals surface area (Å²) in [6, 6.07) is 6.44. The Balaban J connectivity index is 2.06. The van der Waals surface area contributed by atoms with Crippen molar-refractivity contribution in [2.75, 3.05) is 0 Å². The summed E-state index contributed by atoms with van der Waals surface area (Å²) >= 11 is 0. The molecule has 0 aliphatic carbocycles. The molecule has 0 spiro atoms. The second-order valence-electron chi connectivity index (χ2n) is 4.45. The van der Waals surface area contributed by atoms with Gasteiger partial charge in [-0.25, -0.2) is 18.8 Å². The van der Waals surface area contributed by atoms with E-state index in [2.05, 4.69) is 20.0 Å². The molecule has 0 saturated heterocycles. The van der Waals surface area contributed by atoms with Crippen LogP contribution in [0.25, 0.3) is 0 Å². The zero-order valence-electron chi connectivity index (χ0n) is 11.0. The lowest BCUT2D eigenvalue weighted by Gasteiger charge is -2.13. The van der Waals surface area contributed by atoms with Gasteiger partial charge in [-0.05, 0) is 0 Å². The number of carbonyl (C=O) groups is 2. The predicted octanol–water partition coefficient (Wildman–Crippen LogP) is 1.08. The van der Waals surface area contributed by atoms with E-state index in [1.54, 1.807) is 24.3 Å². The molecule has 8 heteroatoms. The first-order valence-corrected chi connectivity index (χ1v) is 6.27. The molecule has 2 heterocycles. The molecule has 2 aliphatic rings. The summed E-state index contributed by atoms with van der Waals surface area (Å²) < 4.78 is 26.2. The van der Waals surface area contributed by atoms with Crippen LogP contribution >= 0.6 is 0 Å². The molecule has 110 valence electrons. The van der Waals surface area contributed by atoms with Gasteiger partial charge < -0.3 is 0 Å². The Labute approximate surface area is 123 Å². The largest absolute Gasteiger partial charge is 0.287 e. The number of hydrogen-bond acceptors (Lipinski definition) is 4. The summed E-state index contributed by atoms with van der Waals surface area (Å²) in [7, 11) is 0. The number of amidine groups is 2. The Hall–Kier alpha value is -2.90. The summed E-state index contributed by atoms with van der Waals surface area (Å²) in [6.07, 6.45) is -2.05. The molecule has 2 amide bonds. The SMILES string of the molecule is O=C1N=C(c2ccccc2C2=NC(=O)C(F)C=N2)N=CC1F. The van der Waals surface area contributed by atoms with Crippen LogP contribution in [0.15, 0.2) is 44.2 Å². The van der Waals surface area contributed by atoms with Gasteiger partial charge in [-0.15, -0.1) is 0 Å². The maximum absolute atomic E-state index is 13.1. The minimum Gasteiger partial charge on any atom is -0.269 e. The van der Waals surface area contributed by atoms with Gasteiger partial charge in [-0.3, -0.25) is 9.59 Å².